The van der Waals surface area contributed by atoms with Crippen molar-refractivity contribution in [2.75, 3.05) is 13.6 Å². The first-order valence-electron chi connectivity index (χ1n) is 5.59. The molecule has 0 bridgehead atoms. The zero-order valence-electron chi connectivity index (χ0n) is 10.3. The zero-order chi connectivity index (χ0) is 12.2. The summed E-state index contributed by atoms with van der Waals surface area (Å²) >= 11 is 3.48. The molecule has 0 aliphatic heterocycles. The maximum atomic E-state index is 5.97. The van der Waals surface area contributed by atoms with Crippen LogP contribution >= 0.6 is 15.9 Å². The topological polar surface area (TPSA) is 29.3 Å². The second kappa shape index (κ2) is 5.80. The molecule has 1 aromatic carbocycles. The van der Waals surface area contributed by atoms with E-state index >= 15 is 0 Å². The van der Waals surface area contributed by atoms with Crippen LogP contribution in [0.4, 0.5) is 0 Å². The lowest BCUT2D eigenvalue weighted by Gasteiger charge is -2.23. The van der Waals surface area contributed by atoms with Crippen molar-refractivity contribution in [3.63, 3.8) is 0 Å². The van der Waals surface area contributed by atoms with E-state index in [1.165, 1.54) is 5.56 Å². The minimum Gasteiger partial charge on any atom is -0.326 e. The molecular formula is C13H21BrN2. The first kappa shape index (κ1) is 13.7. The van der Waals surface area contributed by atoms with E-state index in [1.54, 1.807) is 0 Å². The van der Waals surface area contributed by atoms with E-state index in [9.17, 15) is 0 Å². The van der Waals surface area contributed by atoms with Gasteiger partial charge in [-0.3, -0.25) is 0 Å². The van der Waals surface area contributed by atoms with Gasteiger partial charge in [0.25, 0.3) is 0 Å². The number of nitrogens with two attached hydrogens (primary N) is 1. The van der Waals surface area contributed by atoms with Gasteiger partial charge in [-0.2, -0.15) is 0 Å². The third kappa shape index (κ3) is 5.64. The maximum absolute atomic E-state index is 5.97. The Kier molecular flexibility index (Phi) is 4.96. The fourth-order valence-electron chi connectivity index (χ4n) is 1.51. The van der Waals surface area contributed by atoms with Crippen LogP contribution in [-0.2, 0) is 6.54 Å². The molecule has 0 amide bonds. The van der Waals surface area contributed by atoms with Crippen LogP contribution in [0.15, 0.2) is 28.7 Å². The van der Waals surface area contributed by atoms with E-state index in [1.807, 2.05) is 6.07 Å². The van der Waals surface area contributed by atoms with Crippen LogP contribution in [0.25, 0.3) is 0 Å². The molecule has 0 heterocycles. The SMILES string of the molecule is CN(CCC(C)(C)N)Cc1cccc(Br)c1. The first-order valence-corrected chi connectivity index (χ1v) is 6.38. The van der Waals surface area contributed by atoms with Gasteiger partial charge < -0.3 is 10.6 Å². The standard InChI is InChI=1S/C13H21BrN2/c1-13(2,15)7-8-16(3)10-11-5-4-6-12(14)9-11/h4-6,9H,7-8,10,15H2,1-3H3. The second-order valence-electron chi connectivity index (χ2n) is 5.11. The summed E-state index contributed by atoms with van der Waals surface area (Å²) in [4.78, 5) is 2.30. The van der Waals surface area contributed by atoms with Gasteiger partial charge in [0.05, 0.1) is 0 Å². The molecule has 0 spiro atoms. The summed E-state index contributed by atoms with van der Waals surface area (Å²) in [7, 11) is 2.13. The van der Waals surface area contributed by atoms with Gasteiger partial charge in [0.2, 0.25) is 0 Å². The first-order chi connectivity index (χ1) is 7.37. The molecule has 2 N–H and O–H groups in total. The molecule has 0 saturated heterocycles. The molecule has 90 valence electrons. The number of nitrogens with zero attached hydrogens (tertiary/aromatic N) is 1. The van der Waals surface area contributed by atoms with Crippen LogP contribution in [0.3, 0.4) is 0 Å². The summed E-state index contributed by atoms with van der Waals surface area (Å²) in [5.41, 5.74) is 7.21. The number of halogens is 1. The smallest absolute Gasteiger partial charge is 0.0231 e. The van der Waals surface area contributed by atoms with Crippen molar-refractivity contribution in [3.8, 4) is 0 Å². The lowest BCUT2D eigenvalue weighted by atomic mass is 10.0. The van der Waals surface area contributed by atoms with Crippen molar-refractivity contribution in [1.29, 1.82) is 0 Å². The Hall–Kier alpha value is -0.380. The van der Waals surface area contributed by atoms with E-state index < -0.39 is 0 Å². The Bertz CT molecular complexity index is 331. The third-order valence-corrected chi connectivity index (χ3v) is 2.97. The van der Waals surface area contributed by atoms with Crippen molar-refractivity contribution < 1.29 is 0 Å². The summed E-state index contributed by atoms with van der Waals surface area (Å²) < 4.78 is 1.14. The predicted molar refractivity (Wildman–Crippen MR) is 73.4 cm³/mol. The summed E-state index contributed by atoms with van der Waals surface area (Å²) in [6.45, 7) is 6.13. The molecule has 1 aromatic rings. The number of hydrogen-bond donors (Lipinski definition) is 1. The average Bonchev–Trinajstić information content (AvgIpc) is 2.14. The Balaban J connectivity index is 2.43. The quantitative estimate of drug-likeness (QED) is 0.901. The second-order valence-corrected chi connectivity index (χ2v) is 6.02. The van der Waals surface area contributed by atoms with Crippen LogP contribution in [-0.4, -0.2) is 24.0 Å². The zero-order valence-corrected chi connectivity index (χ0v) is 11.9. The highest BCUT2D eigenvalue weighted by molar-refractivity contribution is 9.10. The van der Waals surface area contributed by atoms with Gasteiger partial charge in [0.15, 0.2) is 0 Å². The molecule has 0 aromatic heterocycles. The third-order valence-electron chi connectivity index (χ3n) is 2.48. The van der Waals surface area contributed by atoms with Gasteiger partial charge in [-0.25, -0.2) is 0 Å². The minimum atomic E-state index is -0.0778. The Morgan fingerprint density at radius 1 is 1.38 bits per heavy atom. The van der Waals surface area contributed by atoms with Gasteiger partial charge >= 0.3 is 0 Å². The molecule has 0 aliphatic carbocycles. The van der Waals surface area contributed by atoms with Crippen molar-refractivity contribution in [1.82, 2.24) is 4.90 Å². The van der Waals surface area contributed by atoms with E-state index in [2.05, 4.69) is 59.9 Å². The van der Waals surface area contributed by atoms with Crippen molar-refractivity contribution in [2.45, 2.75) is 32.4 Å². The number of hydrogen-bond acceptors (Lipinski definition) is 2. The number of rotatable bonds is 5. The highest BCUT2D eigenvalue weighted by Crippen LogP contribution is 2.13. The van der Waals surface area contributed by atoms with Gasteiger partial charge in [0.1, 0.15) is 0 Å². The highest BCUT2D eigenvalue weighted by Gasteiger charge is 2.11. The highest BCUT2D eigenvalue weighted by atomic mass is 79.9. The lowest BCUT2D eigenvalue weighted by molar-refractivity contribution is 0.289. The van der Waals surface area contributed by atoms with E-state index in [0.29, 0.717) is 0 Å². The average molecular weight is 285 g/mol. The van der Waals surface area contributed by atoms with Gasteiger partial charge in [-0.15, -0.1) is 0 Å². The van der Waals surface area contributed by atoms with Crippen LogP contribution in [0.2, 0.25) is 0 Å². The van der Waals surface area contributed by atoms with E-state index in [-0.39, 0.29) is 5.54 Å². The molecule has 3 heteroatoms. The van der Waals surface area contributed by atoms with Crippen molar-refractivity contribution >= 4 is 15.9 Å². The largest absolute Gasteiger partial charge is 0.326 e. The summed E-state index contributed by atoms with van der Waals surface area (Å²) in [6.07, 6.45) is 1.01. The lowest BCUT2D eigenvalue weighted by Crippen LogP contribution is -2.36. The summed E-state index contributed by atoms with van der Waals surface area (Å²) in [5.74, 6) is 0. The molecular weight excluding hydrogens is 264 g/mol. The predicted octanol–water partition coefficient (Wildman–Crippen LogP) is 3.01. The molecule has 0 fully saturated rings. The Morgan fingerprint density at radius 2 is 2.06 bits per heavy atom. The molecule has 0 atom stereocenters. The van der Waals surface area contributed by atoms with Crippen molar-refractivity contribution in [3.05, 3.63) is 34.3 Å². The molecule has 0 unspecified atom stereocenters. The van der Waals surface area contributed by atoms with Crippen LogP contribution in [0.5, 0.6) is 0 Å². The molecule has 0 saturated carbocycles. The fraction of sp³-hybridized carbons (Fsp3) is 0.538. The fourth-order valence-corrected chi connectivity index (χ4v) is 1.95. The van der Waals surface area contributed by atoms with Crippen LogP contribution < -0.4 is 5.73 Å². The summed E-state index contributed by atoms with van der Waals surface area (Å²) in [5, 5.41) is 0. The van der Waals surface area contributed by atoms with Crippen molar-refractivity contribution in [2.24, 2.45) is 5.73 Å². The Labute approximate surface area is 107 Å². The normalized spacial score (nSPS) is 12.1. The van der Waals surface area contributed by atoms with Gasteiger partial charge in [-0.05, 0) is 51.6 Å². The summed E-state index contributed by atoms with van der Waals surface area (Å²) in [6, 6.07) is 8.42. The number of benzene rings is 1. The van der Waals surface area contributed by atoms with Crippen LogP contribution in [0, 0.1) is 0 Å². The van der Waals surface area contributed by atoms with E-state index in [4.69, 9.17) is 5.73 Å². The molecule has 16 heavy (non-hydrogen) atoms. The molecule has 0 aliphatic rings. The minimum absolute atomic E-state index is 0.0778. The van der Waals surface area contributed by atoms with E-state index in [0.717, 1.165) is 24.0 Å². The van der Waals surface area contributed by atoms with Gasteiger partial charge in [-0.1, -0.05) is 28.1 Å². The van der Waals surface area contributed by atoms with Gasteiger partial charge in [0, 0.05) is 16.6 Å². The molecule has 0 radical (unpaired) electrons. The monoisotopic (exact) mass is 284 g/mol. The van der Waals surface area contributed by atoms with Crippen LogP contribution in [0.1, 0.15) is 25.8 Å². The molecule has 1 rings (SSSR count). The Morgan fingerprint density at radius 3 is 2.62 bits per heavy atom. The maximum Gasteiger partial charge on any atom is 0.0231 e. The molecule has 2 nitrogen and oxygen atoms in total.